The van der Waals surface area contributed by atoms with Crippen molar-refractivity contribution in [1.82, 2.24) is 14.7 Å². The van der Waals surface area contributed by atoms with Crippen LogP contribution >= 0.6 is 11.5 Å². The number of urea groups is 1. The molecule has 4 rings (SSSR count). The first-order valence-corrected chi connectivity index (χ1v) is 11.4. The molecule has 32 heavy (non-hydrogen) atoms. The second-order valence-corrected chi connectivity index (χ2v) is 8.78. The third kappa shape index (κ3) is 5.79. The van der Waals surface area contributed by atoms with Crippen molar-refractivity contribution in [2.24, 2.45) is 5.92 Å². The minimum atomic E-state index is -0.799. The Kier molecular flexibility index (Phi) is 6.94. The highest BCUT2D eigenvalue weighted by Crippen LogP contribution is 2.25. The number of carbonyl (C=O) groups excluding carboxylic acids is 1. The van der Waals surface area contributed by atoms with Gasteiger partial charge in [0.25, 0.3) is 0 Å². The first-order valence-electron chi connectivity index (χ1n) is 10.6. The molecule has 9 heteroatoms. The van der Waals surface area contributed by atoms with E-state index in [4.69, 9.17) is 4.98 Å². The summed E-state index contributed by atoms with van der Waals surface area (Å²) in [7, 11) is 0. The Morgan fingerprint density at radius 2 is 1.91 bits per heavy atom. The maximum absolute atomic E-state index is 13.7. The number of hydrogen-bond acceptors (Lipinski definition) is 5. The van der Waals surface area contributed by atoms with E-state index in [0.29, 0.717) is 12.5 Å². The largest absolute Gasteiger partial charge is 0.347 e. The Bertz CT molecular complexity index is 1060. The van der Waals surface area contributed by atoms with E-state index in [-0.39, 0.29) is 5.69 Å². The summed E-state index contributed by atoms with van der Waals surface area (Å²) < 4.78 is 31.1. The molecular formula is C23H25F2N5OS. The summed E-state index contributed by atoms with van der Waals surface area (Å²) in [5.74, 6) is -0.317. The molecule has 1 aliphatic rings. The molecule has 1 fully saturated rings. The molecule has 1 aliphatic heterocycles. The van der Waals surface area contributed by atoms with Crippen LogP contribution in [0.25, 0.3) is 0 Å². The highest BCUT2D eigenvalue weighted by atomic mass is 32.1. The molecule has 0 bridgehead atoms. The highest BCUT2D eigenvalue weighted by Gasteiger charge is 2.22. The molecule has 168 valence electrons. The number of amides is 2. The van der Waals surface area contributed by atoms with E-state index in [0.717, 1.165) is 55.4 Å². The second kappa shape index (κ2) is 10.0. The Balaban J connectivity index is 1.21. The van der Waals surface area contributed by atoms with Crippen molar-refractivity contribution >= 4 is 28.4 Å². The van der Waals surface area contributed by atoms with Crippen LogP contribution in [0.1, 0.15) is 29.8 Å². The van der Waals surface area contributed by atoms with Crippen molar-refractivity contribution in [1.29, 1.82) is 0 Å². The molecule has 2 heterocycles. The number of halogens is 2. The van der Waals surface area contributed by atoms with E-state index in [1.807, 2.05) is 0 Å². The smallest absolute Gasteiger partial charge is 0.319 e. The van der Waals surface area contributed by atoms with Gasteiger partial charge in [-0.2, -0.15) is 4.37 Å². The zero-order chi connectivity index (χ0) is 22.5. The van der Waals surface area contributed by atoms with Crippen molar-refractivity contribution in [2.45, 2.75) is 26.2 Å². The number of rotatable bonds is 6. The van der Waals surface area contributed by atoms with Gasteiger partial charge in [-0.15, -0.1) is 0 Å². The molecule has 0 aliphatic carbocycles. The van der Waals surface area contributed by atoms with Crippen LogP contribution < -0.4 is 15.5 Å². The fourth-order valence-electron chi connectivity index (χ4n) is 3.66. The number of carbonyl (C=O) groups is 1. The van der Waals surface area contributed by atoms with Crippen LogP contribution in [-0.2, 0) is 6.42 Å². The Labute approximate surface area is 189 Å². The molecule has 0 saturated carbocycles. The van der Waals surface area contributed by atoms with Crippen LogP contribution in [0.4, 0.5) is 24.4 Å². The van der Waals surface area contributed by atoms with Crippen molar-refractivity contribution in [2.75, 3.05) is 29.9 Å². The van der Waals surface area contributed by atoms with Gasteiger partial charge in [-0.25, -0.2) is 18.6 Å². The lowest BCUT2D eigenvalue weighted by molar-refractivity contribution is 0.248. The van der Waals surface area contributed by atoms with Crippen molar-refractivity contribution < 1.29 is 13.6 Å². The molecule has 3 aromatic rings. The molecule has 0 atom stereocenters. The standard InChI is InChI=1S/C23H25F2N5OS/c1-15-2-4-16(5-3-15)12-21-28-23(32-29-21)30-10-8-17(9-11-30)14-26-22(31)27-20-7-6-18(24)13-19(20)25/h2-7,13,17H,8-12,14H2,1H3,(H2,26,27,31). The molecule has 0 spiro atoms. The van der Waals surface area contributed by atoms with E-state index in [2.05, 4.69) is 51.1 Å². The zero-order valence-corrected chi connectivity index (χ0v) is 18.6. The van der Waals surface area contributed by atoms with Crippen LogP contribution in [0, 0.1) is 24.5 Å². The van der Waals surface area contributed by atoms with E-state index in [1.54, 1.807) is 0 Å². The number of hydrogen-bond donors (Lipinski definition) is 2. The summed E-state index contributed by atoms with van der Waals surface area (Å²) in [4.78, 5) is 19.0. The van der Waals surface area contributed by atoms with Crippen molar-refractivity contribution in [3.05, 3.63) is 71.1 Å². The SMILES string of the molecule is Cc1ccc(Cc2nsc(N3CCC(CNC(=O)Nc4ccc(F)cc4F)CC3)n2)cc1. The van der Waals surface area contributed by atoms with Gasteiger partial charge in [0.1, 0.15) is 17.5 Å². The van der Waals surface area contributed by atoms with Gasteiger partial charge in [0.15, 0.2) is 0 Å². The summed E-state index contributed by atoms with van der Waals surface area (Å²) in [6, 6.07) is 11.0. The van der Waals surface area contributed by atoms with Gasteiger partial charge >= 0.3 is 6.03 Å². The molecule has 1 saturated heterocycles. The summed E-state index contributed by atoms with van der Waals surface area (Å²) in [6.45, 7) is 4.26. The topological polar surface area (TPSA) is 70.2 Å². The minimum absolute atomic E-state index is 0.0450. The Hall–Kier alpha value is -3.07. The number of benzene rings is 2. The molecular weight excluding hydrogens is 432 g/mol. The van der Waals surface area contributed by atoms with Crippen LogP contribution in [-0.4, -0.2) is 35.0 Å². The van der Waals surface area contributed by atoms with Crippen molar-refractivity contribution in [3.63, 3.8) is 0 Å². The fraction of sp³-hybridized carbons (Fsp3) is 0.348. The van der Waals surface area contributed by atoms with Gasteiger partial charge in [-0.3, -0.25) is 0 Å². The van der Waals surface area contributed by atoms with E-state index in [9.17, 15) is 13.6 Å². The van der Waals surface area contributed by atoms with Gasteiger partial charge in [-0.1, -0.05) is 29.8 Å². The average molecular weight is 458 g/mol. The van der Waals surface area contributed by atoms with E-state index >= 15 is 0 Å². The van der Waals surface area contributed by atoms with Gasteiger partial charge in [0.05, 0.1) is 5.69 Å². The molecule has 2 aromatic carbocycles. The molecule has 6 nitrogen and oxygen atoms in total. The van der Waals surface area contributed by atoms with Gasteiger partial charge < -0.3 is 15.5 Å². The fourth-order valence-corrected chi connectivity index (χ4v) is 4.39. The predicted octanol–water partition coefficient (Wildman–Crippen LogP) is 4.75. The normalized spacial score (nSPS) is 14.4. The highest BCUT2D eigenvalue weighted by molar-refractivity contribution is 7.09. The lowest BCUT2D eigenvalue weighted by atomic mass is 9.97. The van der Waals surface area contributed by atoms with Gasteiger partial charge in [0.2, 0.25) is 5.13 Å². The summed E-state index contributed by atoms with van der Waals surface area (Å²) in [5.41, 5.74) is 2.39. The summed E-state index contributed by atoms with van der Waals surface area (Å²) >= 11 is 1.42. The van der Waals surface area contributed by atoms with Crippen LogP contribution in [0.3, 0.4) is 0 Å². The van der Waals surface area contributed by atoms with Crippen LogP contribution in [0.5, 0.6) is 0 Å². The number of nitrogens with zero attached hydrogens (tertiary/aromatic N) is 3. The number of piperidine rings is 1. The van der Waals surface area contributed by atoms with Crippen molar-refractivity contribution in [3.8, 4) is 0 Å². The monoisotopic (exact) mass is 457 g/mol. The molecule has 0 radical (unpaired) electrons. The molecule has 2 amide bonds. The lowest BCUT2D eigenvalue weighted by Crippen LogP contribution is -2.39. The third-order valence-electron chi connectivity index (χ3n) is 5.56. The predicted molar refractivity (Wildman–Crippen MR) is 122 cm³/mol. The minimum Gasteiger partial charge on any atom is -0.347 e. The number of aryl methyl sites for hydroxylation is 1. The lowest BCUT2D eigenvalue weighted by Gasteiger charge is -2.31. The third-order valence-corrected chi connectivity index (χ3v) is 6.37. The summed E-state index contributed by atoms with van der Waals surface area (Å²) in [5, 5.41) is 6.13. The van der Waals surface area contributed by atoms with Gasteiger partial charge in [-0.05, 0) is 43.4 Å². The first-order chi connectivity index (χ1) is 15.5. The maximum Gasteiger partial charge on any atom is 0.319 e. The zero-order valence-electron chi connectivity index (χ0n) is 17.8. The maximum atomic E-state index is 13.7. The average Bonchev–Trinajstić information content (AvgIpc) is 3.25. The Morgan fingerprint density at radius 1 is 1.16 bits per heavy atom. The van der Waals surface area contributed by atoms with E-state index < -0.39 is 17.7 Å². The van der Waals surface area contributed by atoms with Gasteiger partial charge in [0, 0.05) is 43.7 Å². The summed E-state index contributed by atoms with van der Waals surface area (Å²) in [6.07, 6.45) is 2.55. The second-order valence-electron chi connectivity index (χ2n) is 8.05. The van der Waals surface area contributed by atoms with Crippen LogP contribution in [0.2, 0.25) is 0 Å². The van der Waals surface area contributed by atoms with Crippen LogP contribution in [0.15, 0.2) is 42.5 Å². The molecule has 2 N–H and O–H groups in total. The first kappa shape index (κ1) is 22.1. The quantitative estimate of drug-likeness (QED) is 0.560. The molecule has 1 aromatic heterocycles. The Morgan fingerprint density at radius 3 is 2.62 bits per heavy atom. The molecule has 0 unspecified atom stereocenters. The number of anilines is 2. The number of aromatic nitrogens is 2. The number of nitrogens with one attached hydrogen (secondary N) is 2. The van der Waals surface area contributed by atoms with E-state index in [1.165, 1.54) is 28.7 Å².